The van der Waals surface area contributed by atoms with Gasteiger partial charge in [0.15, 0.2) is 0 Å². The molecule has 0 saturated heterocycles. The highest BCUT2D eigenvalue weighted by Gasteiger charge is 2.05. The Bertz CT molecular complexity index is 260. The average Bonchev–Trinajstić information content (AvgIpc) is 2.54. The van der Waals surface area contributed by atoms with Gasteiger partial charge >= 0.3 is 0 Å². The maximum atomic E-state index is 4.26. The van der Waals surface area contributed by atoms with E-state index in [9.17, 15) is 0 Å². The molecule has 0 aliphatic heterocycles. The predicted octanol–water partition coefficient (Wildman–Crippen LogP) is 2.31. The molecule has 14 heavy (non-hydrogen) atoms. The fourth-order valence-electron chi connectivity index (χ4n) is 1.45. The molecule has 1 unspecified atom stereocenters. The monoisotopic (exact) mass is 213 g/mol. The lowest BCUT2D eigenvalue weighted by molar-refractivity contribution is 0.534. The van der Waals surface area contributed by atoms with Crippen molar-refractivity contribution in [2.24, 2.45) is 5.92 Å². The standard InChI is InChI=1S/C10H19N3S/c1-4-11-10-12-5-6-13(10)7-9(2)8-14-3/h5-6,9H,4,7-8H2,1-3H3,(H,11,12). The molecule has 0 radical (unpaired) electrons. The van der Waals surface area contributed by atoms with Crippen LogP contribution in [0.1, 0.15) is 13.8 Å². The number of imidazole rings is 1. The summed E-state index contributed by atoms with van der Waals surface area (Å²) >= 11 is 1.90. The van der Waals surface area contributed by atoms with Gasteiger partial charge in [0.2, 0.25) is 5.95 Å². The summed E-state index contributed by atoms with van der Waals surface area (Å²) in [6.07, 6.45) is 6.04. The molecule has 1 rings (SSSR count). The van der Waals surface area contributed by atoms with Crippen LogP contribution in [-0.4, -0.2) is 28.1 Å². The molecule has 0 saturated carbocycles. The summed E-state index contributed by atoms with van der Waals surface area (Å²) < 4.78 is 2.18. The lowest BCUT2D eigenvalue weighted by Crippen LogP contribution is -2.12. The summed E-state index contributed by atoms with van der Waals surface area (Å²) in [5, 5.41) is 3.25. The first-order valence-electron chi connectivity index (χ1n) is 5.01. The smallest absolute Gasteiger partial charge is 0.202 e. The van der Waals surface area contributed by atoms with E-state index < -0.39 is 0 Å². The average molecular weight is 213 g/mol. The van der Waals surface area contributed by atoms with Gasteiger partial charge in [0.1, 0.15) is 0 Å². The Morgan fingerprint density at radius 2 is 2.43 bits per heavy atom. The Kier molecular flexibility index (Phi) is 4.87. The second-order valence-corrected chi connectivity index (χ2v) is 4.40. The zero-order valence-electron chi connectivity index (χ0n) is 9.16. The maximum Gasteiger partial charge on any atom is 0.202 e. The zero-order chi connectivity index (χ0) is 10.4. The SMILES string of the molecule is CCNc1nccn1CC(C)CSC. The van der Waals surface area contributed by atoms with Gasteiger partial charge in [0, 0.05) is 25.5 Å². The van der Waals surface area contributed by atoms with Crippen molar-refractivity contribution in [3.05, 3.63) is 12.4 Å². The molecule has 0 bridgehead atoms. The number of rotatable bonds is 6. The molecular formula is C10H19N3S. The number of aromatic nitrogens is 2. The molecular weight excluding hydrogens is 194 g/mol. The van der Waals surface area contributed by atoms with Crippen LogP contribution >= 0.6 is 11.8 Å². The largest absolute Gasteiger partial charge is 0.356 e. The topological polar surface area (TPSA) is 29.9 Å². The lowest BCUT2D eigenvalue weighted by atomic mass is 10.2. The van der Waals surface area contributed by atoms with Gasteiger partial charge in [-0.15, -0.1) is 0 Å². The molecule has 1 N–H and O–H groups in total. The van der Waals surface area contributed by atoms with Crippen molar-refractivity contribution in [1.82, 2.24) is 9.55 Å². The highest BCUT2D eigenvalue weighted by molar-refractivity contribution is 7.98. The third-order valence-corrected chi connectivity index (χ3v) is 2.91. The van der Waals surface area contributed by atoms with Crippen LogP contribution in [0.15, 0.2) is 12.4 Å². The van der Waals surface area contributed by atoms with Crippen LogP contribution < -0.4 is 5.32 Å². The third-order valence-electron chi connectivity index (χ3n) is 2.01. The Hall–Kier alpha value is -0.640. The number of hydrogen-bond donors (Lipinski definition) is 1. The Labute approximate surface area is 90.3 Å². The minimum Gasteiger partial charge on any atom is -0.356 e. The van der Waals surface area contributed by atoms with E-state index in [4.69, 9.17) is 0 Å². The van der Waals surface area contributed by atoms with Gasteiger partial charge in [-0.3, -0.25) is 0 Å². The molecule has 0 fully saturated rings. The van der Waals surface area contributed by atoms with Gasteiger partial charge in [-0.1, -0.05) is 6.92 Å². The van der Waals surface area contributed by atoms with Gasteiger partial charge in [-0.05, 0) is 24.9 Å². The van der Waals surface area contributed by atoms with Crippen LogP contribution in [0.5, 0.6) is 0 Å². The van der Waals surface area contributed by atoms with Crippen LogP contribution in [0.4, 0.5) is 5.95 Å². The molecule has 1 aromatic heterocycles. The molecule has 0 spiro atoms. The van der Waals surface area contributed by atoms with Crippen molar-refractivity contribution in [2.75, 3.05) is 23.9 Å². The lowest BCUT2D eigenvalue weighted by Gasteiger charge is -2.13. The molecule has 1 aromatic rings. The molecule has 1 heterocycles. The van der Waals surface area contributed by atoms with E-state index >= 15 is 0 Å². The molecule has 0 amide bonds. The molecule has 0 aliphatic rings. The van der Waals surface area contributed by atoms with Crippen molar-refractivity contribution in [3.63, 3.8) is 0 Å². The summed E-state index contributed by atoms with van der Waals surface area (Å²) in [4.78, 5) is 4.26. The fraction of sp³-hybridized carbons (Fsp3) is 0.700. The van der Waals surface area contributed by atoms with Crippen LogP contribution in [0.3, 0.4) is 0 Å². The highest BCUT2D eigenvalue weighted by atomic mass is 32.2. The maximum absolute atomic E-state index is 4.26. The summed E-state index contributed by atoms with van der Waals surface area (Å²) in [6, 6.07) is 0. The zero-order valence-corrected chi connectivity index (χ0v) is 9.97. The molecule has 1 atom stereocenters. The van der Waals surface area contributed by atoms with E-state index in [1.54, 1.807) is 0 Å². The molecule has 0 aromatic carbocycles. The van der Waals surface area contributed by atoms with Gasteiger partial charge < -0.3 is 9.88 Å². The third kappa shape index (κ3) is 3.25. The first-order valence-corrected chi connectivity index (χ1v) is 6.41. The van der Waals surface area contributed by atoms with E-state index in [0.29, 0.717) is 5.92 Å². The van der Waals surface area contributed by atoms with Gasteiger partial charge in [0.05, 0.1) is 0 Å². The Morgan fingerprint density at radius 1 is 1.64 bits per heavy atom. The van der Waals surface area contributed by atoms with E-state index in [2.05, 4.69) is 35.0 Å². The van der Waals surface area contributed by atoms with Crippen LogP contribution in [0, 0.1) is 5.92 Å². The Balaban J connectivity index is 2.52. The van der Waals surface area contributed by atoms with E-state index in [1.165, 1.54) is 5.75 Å². The number of anilines is 1. The number of thioether (sulfide) groups is 1. The van der Waals surface area contributed by atoms with E-state index in [1.807, 2.05) is 24.2 Å². The second kappa shape index (κ2) is 5.96. The normalized spacial score (nSPS) is 12.8. The van der Waals surface area contributed by atoms with E-state index in [0.717, 1.165) is 19.0 Å². The second-order valence-electron chi connectivity index (χ2n) is 3.49. The number of nitrogens with zero attached hydrogens (tertiary/aromatic N) is 2. The predicted molar refractivity (Wildman–Crippen MR) is 63.9 cm³/mol. The minimum atomic E-state index is 0.691. The summed E-state index contributed by atoms with van der Waals surface area (Å²) in [5.74, 6) is 2.88. The van der Waals surface area contributed by atoms with Gasteiger partial charge in [0.25, 0.3) is 0 Å². The van der Waals surface area contributed by atoms with Crippen LogP contribution in [0.2, 0.25) is 0 Å². The Morgan fingerprint density at radius 3 is 3.07 bits per heavy atom. The summed E-state index contributed by atoms with van der Waals surface area (Å²) in [7, 11) is 0. The molecule has 80 valence electrons. The summed E-state index contributed by atoms with van der Waals surface area (Å²) in [5.41, 5.74) is 0. The highest BCUT2D eigenvalue weighted by Crippen LogP contribution is 2.11. The number of nitrogens with one attached hydrogen (secondary N) is 1. The molecule has 3 nitrogen and oxygen atoms in total. The van der Waals surface area contributed by atoms with Crippen molar-refractivity contribution in [2.45, 2.75) is 20.4 Å². The minimum absolute atomic E-state index is 0.691. The summed E-state index contributed by atoms with van der Waals surface area (Å²) in [6.45, 7) is 6.33. The molecule has 4 heteroatoms. The number of hydrogen-bond acceptors (Lipinski definition) is 3. The van der Waals surface area contributed by atoms with Crippen LogP contribution in [-0.2, 0) is 6.54 Å². The quantitative estimate of drug-likeness (QED) is 0.786. The van der Waals surface area contributed by atoms with Crippen molar-refractivity contribution >= 4 is 17.7 Å². The van der Waals surface area contributed by atoms with Gasteiger partial charge in [-0.2, -0.15) is 11.8 Å². The van der Waals surface area contributed by atoms with Gasteiger partial charge in [-0.25, -0.2) is 4.98 Å². The fourth-order valence-corrected chi connectivity index (χ4v) is 2.13. The first kappa shape index (κ1) is 11.4. The van der Waals surface area contributed by atoms with Crippen molar-refractivity contribution in [3.8, 4) is 0 Å². The van der Waals surface area contributed by atoms with Crippen molar-refractivity contribution < 1.29 is 0 Å². The first-order chi connectivity index (χ1) is 6.77. The molecule has 0 aliphatic carbocycles. The van der Waals surface area contributed by atoms with Crippen LogP contribution in [0.25, 0.3) is 0 Å². The van der Waals surface area contributed by atoms with Crippen molar-refractivity contribution in [1.29, 1.82) is 0 Å². The van der Waals surface area contributed by atoms with E-state index in [-0.39, 0.29) is 0 Å².